The molecule has 2 aliphatic carbocycles. The molecule has 34 heavy (non-hydrogen) atoms. The van der Waals surface area contributed by atoms with Crippen LogP contribution in [-0.4, -0.2) is 48.2 Å². The number of amides is 2. The number of carbonyl (C=O) groups excluding carboxylic acids is 2. The van der Waals surface area contributed by atoms with Gasteiger partial charge in [0, 0.05) is 18.9 Å². The van der Waals surface area contributed by atoms with Crippen LogP contribution in [0.3, 0.4) is 0 Å². The van der Waals surface area contributed by atoms with E-state index in [0.717, 1.165) is 22.3 Å². The van der Waals surface area contributed by atoms with E-state index in [1.165, 1.54) is 0 Å². The smallest absolute Gasteiger partial charge is 0.407 e. The number of hydrogen-bond acceptors (Lipinski definition) is 4. The minimum atomic E-state index is -3.38. The number of fused-ring (bicyclic) bond motifs is 3. The van der Waals surface area contributed by atoms with Crippen molar-refractivity contribution in [2.45, 2.75) is 24.3 Å². The van der Waals surface area contributed by atoms with Gasteiger partial charge in [0.15, 0.2) is 0 Å². The van der Waals surface area contributed by atoms with Crippen LogP contribution in [0, 0.1) is 24.2 Å². The number of alkyl carbamates (subject to hydrolysis) is 1. The lowest BCUT2D eigenvalue weighted by Gasteiger charge is -2.14. The molecule has 4 rings (SSSR count). The van der Waals surface area contributed by atoms with Gasteiger partial charge in [0.25, 0.3) is 5.92 Å². The summed E-state index contributed by atoms with van der Waals surface area (Å²) in [5, 5.41) is 13.3. The molecule has 0 radical (unpaired) electrons. The maximum absolute atomic E-state index is 14.1. The number of alkyl halides is 2. The van der Waals surface area contributed by atoms with Crippen LogP contribution >= 0.6 is 0 Å². The number of terminal acetylenes is 1. The van der Waals surface area contributed by atoms with Crippen LogP contribution < -0.4 is 10.6 Å². The number of aliphatic carboxylic acids is 1. The van der Waals surface area contributed by atoms with Crippen molar-refractivity contribution in [3.8, 4) is 23.5 Å². The van der Waals surface area contributed by atoms with Crippen molar-refractivity contribution >= 4 is 18.0 Å². The van der Waals surface area contributed by atoms with Crippen LogP contribution in [-0.2, 0) is 14.3 Å². The highest BCUT2D eigenvalue weighted by molar-refractivity contribution is 5.88. The molecule has 0 bridgehead atoms. The number of benzene rings is 2. The normalized spacial score (nSPS) is 20.3. The average Bonchev–Trinajstić information content (AvgIpc) is 3.22. The molecule has 0 aliphatic heterocycles. The molecular formula is C25H22F2N2O5. The standard InChI is InChI=1S/C25H22F2N2O5/c1-2-7-20(23(31)32)29-22(30)21-19(25(21,26)27)12-28-24(33)34-13-18-16-10-5-3-8-14(16)15-9-4-6-11-17(15)18/h1,3-6,8-11,18-21H,7,12-13H2,(H,28,33)(H,29,30)(H,31,32)/t19-,20?,21-/m0/s1. The Balaban J connectivity index is 1.31. The highest BCUT2D eigenvalue weighted by Gasteiger charge is 2.71. The summed E-state index contributed by atoms with van der Waals surface area (Å²) in [7, 11) is 0. The second kappa shape index (κ2) is 9.14. The second-order valence-electron chi connectivity index (χ2n) is 8.27. The summed E-state index contributed by atoms with van der Waals surface area (Å²) < 4.78 is 33.6. The van der Waals surface area contributed by atoms with E-state index in [1.807, 2.05) is 53.8 Å². The maximum atomic E-state index is 14.1. The Kier molecular flexibility index (Phi) is 6.24. The van der Waals surface area contributed by atoms with Crippen LogP contribution in [0.2, 0.25) is 0 Å². The first-order chi connectivity index (χ1) is 16.3. The number of rotatable bonds is 8. The van der Waals surface area contributed by atoms with Gasteiger partial charge in [-0.05, 0) is 22.3 Å². The lowest BCUT2D eigenvalue weighted by molar-refractivity contribution is -0.142. The van der Waals surface area contributed by atoms with Gasteiger partial charge in [-0.15, -0.1) is 12.3 Å². The quantitative estimate of drug-likeness (QED) is 0.517. The number of carboxylic acids is 1. The summed E-state index contributed by atoms with van der Waals surface area (Å²) in [6.07, 6.45) is 3.84. The summed E-state index contributed by atoms with van der Waals surface area (Å²) in [6, 6.07) is 14.1. The Hall–Kier alpha value is -3.93. The molecule has 2 aromatic carbocycles. The Labute approximate surface area is 194 Å². The summed E-state index contributed by atoms with van der Waals surface area (Å²) in [6.45, 7) is -0.466. The summed E-state index contributed by atoms with van der Waals surface area (Å²) in [5.74, 6) is -7.22. The van der Waals surface area contributed by atoms with Crippen LogP contribution in [0.5, 0.6) is 0 Å². The second-order valence-corrected chi connectivity index (χ2v) is 8.27. The molecular weight excluding hydrogens is 446 g/mol. The highest BCUT2D eigenvalue weighted by Crippen LogP contribution is 2.55. The van der Waals surface area contributed by atoms with Gasteiger partial charge < -0.3 is 20.5 Å². The van der Waals surface area contributed by atoms with E-state index >= 15 is 0 Å². The fourth-order valence-corrected chi connectivity index (χ4v) is 4.42. The van der Waals surface area contributed by atoms with Gasteiger partial charge in [0.1, 0.15) is 18.6 Å². The van der Waals surface area contributed by atoms with Crippen molar-refractivity contribution < 1.29 is 33.0 Å². The predicted octanol–water partition coefficient (Wildman–Crippen LogP) is 3.00. The molecule has 2 aliphatic rings. The zero-order valence-corrected chi connectivity index (χ0v) is 18.0. The van der Waals surface area contributed by atoms with Crippen molar-refractivity contribution in [2.24, 2.45) is 11.8 Å². The third-order valence-corrected chi connectivity index (χ3v) is 6.23. The van der Waals surface area contributed by atoms with E-state index in [2.05, 4.69) is 11.2 Å². The highest BCUT2D eigenvalue weighted by atomic mass is 19.3. The van der Waals surface area contributed by atoms with Gasteiger partial charge in [-0.3, -0.25) is 4.79 Å². The first kappa shape index (κ1) is 23.2. The molecule has 0 spiro atoms. The van der Waals surface area contributed by atoms with Gasteiger partial charge in [-0.25, -0.2) is 18.4 Å². The van der Waals surface area contributed by atoms with Gasteiger partial charge in [0.2, 0.25) is 5.91 Å². The van der Waals surface area contributed by atoms with Crippen molar-refractivity contribution in [1.29, 1.82) is 0 Å². The number of carboxylic acid groups (broad SMARTS) is 1. The lowest BCUT2D eigenvalue weighted by atomic mass is 9.98. The Morgan fingerprint density at radius 1 is 1.09 bits per heavy atom. The summed E-state index contributed by atoms with van der Waals surface area (Å²) in [4.78, 5) is 35.4. The van der Waals surface area contributed by atoms with E-state index in [4.69, 9.17) is 16.3 Å². The SMILES string of the molecule is C#CCC(NC(=O)[C@@H]1[C@H](CNC(=O)OCC2c3ccccc3-c3ccccc32)C1(F)F)C(=O)O. The molecule has 3 atom stereocenters. The van der Waals surface area contributed by atoms with Gasteiger partial charge in [-0.1, -0.05) is 48.5 Å². The van der Waals surface area contributed by atoms with Crippen LogP contribution in [0.1, 0.15) is 23.5 Å². The molecule has 2 aromatic rings. The number of carbonyl (C=O) groups is 3. The first-order valence-corrected chi connectivity index (χ1v) is 10.7. The van der Waals surface area contributed by atoms with Crippen LogP contribution in [0.4, 0.5) is 13.6 Å². The number of halogens is 2. The summed E-state index contributed by atoms with van der Waals surface area (Å²) in [5.41, 5.74) is 4.15. The minimum absolute atomic E-state index is 0.0250. The number of hydrogen-bond donors (Lipinski definition) is 3. The molecule has 7 nitrogen and oxygen atoms in total. The maximum Gasteiger partial charge on any atom is 0.407 e. The molecule has 0 aromatic heterocycles. The van der Waals surface area contributed by atoms with E-state index in [0.29, 0.717) is 0 Å². The Bertz CT molecular complexity index is 1130. The van der Waals surface area contributed by atoms with Crippen LogP contribution in [0.15, 0.2) is 48.5 Å². The predicted molar refractivity (Wildman–Crippen MR) is 118 cm³/mol. The van der Waals surface area contributed by atoms with E-state index in [9.17, 15) is 23.2 Å². The molecule has 0 heterocycles. The molecule has 176 valence electrons. The number of ether oxygens (including phenoxy) is 1. The topological polar surface area (TPSA) is 105 Å². The first-order valence-electron chi connectivity index (χ1n) is 10.7. The average molecular weight is 468 g/mol. The minimum Gasteiger partial charge on any atom is -0.480 e. The number of nitrogens with one attached hydrogen (secondary N) is 2. The fraction of sp³-hybridized carbons (Fsp3) is 0.320. The van der Waals surface area contributed by atoms with Crippen molar-refractivity contribution in [2.75, 3.05) is 13.2 Å². The monoisotopic (exact) mass is 468 g/mol. The summed E-state index contributed by atoms with van der Waals surface area (Å²) >= 11 is 0. The van der Waals surface area contributed by atoms with Gasteiger partial charge >= 0.3 is 12.1 Å². The Morgan fingerprint density at radius 2 is 1.68 bits per heavy atom. The van der Waals surface area contributed by atoms with Gasteiger partial charge in [0.05, 0.1) is 5.92 Å². The van der Waals surface area contributed by atoms with E-state index in [-0.39, 0.29) is 18.9 Å². The lowest BCUT2D eigenvalue weighted by Crippen LogP contribution is -2.42. The molecule has 0 saturated heterocycles. The molecule has 3 N–H and O–H groups in total. The zero-order valence-electron chi connectivity index (χ0n) is 18.0. The zero-order chi connectivity index (χ0) is 24.5. The molecule has 2 amide bonds. The molecule has 1 unspecified atom stereocenters. The molecule has 1 saturated carbocycles. The van der Waals surface area contributed by atoms with Crippen molar-refractivity contribution in [3.63, 3.8) is 0 Å². The largest absolute Gasteiger partial charge is 0.480 e. The van der Waals surface area contributed by atoms with Crippen LogP contribution in [0.25, 0.3) is 11.1 Å². The third kappa shape index (κ3) is 4.31. The molecule has 1 fully saturated rings. The third-order valence-electron chi connectivity index (χ3n) is 6.23. The Morgan fingerprint density at radius 3 is 2.24 bits per heavy atom. The fourth-order valence-electron chi connectivity index (χ4n) is 4.42. The molecule has 9 heteroatoms. The van der Waals surface area contributed by atoms with Gasteiger partial charge in [-0.2, -0.15) is 0 Å². The van der Waals surface area contributed by atoms with E-state index in [1.54, 1.807) is 0 Å². The van der Waals surface area contributed by atoms with Crippen molar-refractivity contribution in [1.82, 2.24) is 10.6 Å². The van der Waals surface area contributed by atoms with E-state index < -0.39 is 48.3 Å². The van der Waals surface area contributed by atoms with Crippen molar-refractivity contribution in [3.05, 3.63) is 59.7 Å².